The molecule has 4 heteroatoms. The highest BCUT2D eigenvalue weighted by Gasteiger charge is 2.15. The second-order valence-corrected chi connectivity index (χ2v) is 3.17. The molecule has 72 valence electrons. The Labute approximate surface area is 80.9 Å². The molecule has 1 aromatic carbocycles. The van der Waals surface area contributed by atoms with E-state index in [1.54, 1.807) is 6.20 Å². The molecule has 0 aliphatic heterocycles. The Hall–Kier alpha value is -1.81. The molecule has 5 N–H and O–H groups in total. The van der Waals surface area contributed by atoms with Gasteiger partial charge in [0.2, 0.25) is 5.91 Å². The van der Waals surface area contributed by atoms with Crippen molar-refractivity contribution in [3.05, 3.63) is 36.0 Å². The van der Waals surface area contributed by atoms with Crippen molar-refractivity contribution in [2.75, 3.05) is 0 Å². The third kappa shape index (κ3) is 1.25. The first-order valence-electron chi connectivity index (χ1n) is 4.31. The van der Waals surface area contributed by atoms with Gasteiger partial charge in [-0.05, 0) is 6.07 Å². The minimum Gasteiger partial charge on any atom is -0.368 e. The fraction of sp³-hybridized carbons (Fsp3) is 0.100. The van der Waals surface area contributed by atoms with Gasteiger partial charge < -0.3 is 16.5 Å². The van der Waals surface area contributed by atoms with Crippen molar-refractivity contribution in [1.29, 1.82) is 0 Å². The number of fused-ring (bicyclic) bond motifs is 1. The maximum atomic E-state index is 10.9. The summed E-state index contributed by atoms with van der Waals surface area (Å²) >= 11 is 0. The van der Waals surface area contributed by atoms with Crippen molar-refractivity contribution in [3.63, 3.8) is 0 Å². The largest absolute Gasteiger partial charge is 0.368 e. The fourth-order valence-corrected chi connectivity index (χ4v) is 1.50. The van der Waals surface area contributed by atoms with Gasteiger partial charge in [0.05, 0.1) is 0 Å². The van der Waals surface area contributed by atoms with Gasteiger partial charge >= 0.3 is 0 Å². The first kappa shape index (κ1) is 8.77. The lowest BCUT2D eigenvalue weighted by atomic mass is 10.1. The summed E-state index contributed by atoms with van der Waals surface area (Å²) in [6.07, 6.45) is 1.72. The number of primary amides is 1. The zero-order chi connectivity index (χ0) is 10.1. The van der Waals surface area contributed by atoms with Gasteiger partial charge in [0.15, 0.2) is 0 Å². The number of carbonyl (C=O) groups excluding carboxylic acids is 1. The van der Waals surface area contributed by atoms with E-state index >= 15 is 0 Å². The van der Waals surface area contributed by atoms with E-state index in [1.165, 1.54) is 0 Å². The average molecular weight is 189 g/mol. The van der Waals surface area contributed by atoms with Crippen LogP contribution in [0.2, 0.25) is 0 Å². The summed E-state index contributed by atoms with van der Waals surface area (Å²) in [5.74, 6) is -0.519. The summed E-state index contributed by atoms with van der Waals surface area (Å²) in [7, 11) is 0. The standard InChI is InChI=1S/C10H11N3O/c11-9(10(12)14)7-5-13-8-4-2-1-3-6(7)8/h1-5,9,13H,11H2,(H2,12,14)/t9-/m1/s1. The first-order valence-corrected chi connectivity index (χ1v) is 4.31. The van der Waals surface area contributed by atoms with Crippen LogP contribution >= 0.6 is 0 Å². The molecule has 0 fully saturated rings. The molecular weight excluding hydrogens is 178 g/mol. The molecule has 0 aliphatic carbocycles. The predicted molar refractivity (Wildman–Crippen MR) is 54.4 cm³/mol. The van der Waals surface area contributed by atoms with E-state index < -0.39 is 11.9 Å². The molecule has 1 heterocycles. The Morgan fingerprint density at radius 1 is 1.36 bits per heavy atom. The van der Waals surface area contributed by atoms with Crippen molar-refractivity contribution >= 4 is 16.8 Å². The van der Waals surface area contributed by atoms with E-state index in [0.29, 0.717) is 0 Å². The number of nitrogens with one attached hydrogen (secondary N) is 1. The average Bonchev–Trinajstić information content (AvgIpc) is 2.60. The second kappa shape index (κ2) is 3.16. The van der Waals surface area contributed by atoms with Crippen molar-refractivity contribution in [2.45, 2.75) is 6.04 Å². The van der Waals surface area contributed by atoms with Gasteiger partial charge in [0.25, 0.3) is 0 Å². The number of hydrogen-bond donors (Lipinski definition) is 3. The molecule has 0 saturated heterocycles. The lowest BCUT2D eigenvalue weighted by Gasteiger charge is -2.04. The lowest BCUT2D eigenvalue weighted by Crippen LogP contribution is -2.27. The predicted octanol–water partition coefficient (Wildman–Crippen LogP) is 0.653. The number of aromatic nitrogens is 1. The number of para-hydroxylation sites is 1. The molecule has 14 heavy (non-hydrogen) atoms. The maximum absolute atomic E-state index is 10.9. The van der Waals surface area contributed by atoms with Crippen LogP contribution in [0.5, 0.6) is 0 Å². The van der Waals surface area contributed by atoms with Gasteiger partial charge in [0, 0.05) is 22.7 Å². The number of benzene rings is 1. The molecular formula is C10H11N3O. The van der Waals surface area contributed by atoms with Crippen LogP contribution in [0.1, 0.15) is 11.6 Å². The number of H-pyrrole nitrogens is 1. The van der Waals surface area contributed by atoms with Crippen LogP contribution in [-0.4, -0.2) is 10.9 Å². The van der Waals surface area contributed by atoms with Crippen LogP contribution < -0.4 is 11.5 Å². The smallest absolute Gasteiger partial charge is 0.239 e. The summed E-state index contributed by atoms with van der Waals surface area (Å²) in [5, 5.41) is 0.943. The number of carbonyl (C=O) groups is 1. The van der Waals surface area contributed by atoms with E-state index in [1.807, 2.05) is 24.3 Å². The zero-order valence-electron chi connectivity index (χ0n) is 7.53. The van der Waals surface area contributed by atoms with Crippen molar-refractivity contribution in [1.82, 2.24) is 4.98 Å². The van der Waals surface area contributed by atoms with E-state index in [-0.39, 0.29) is 0 Å². The van der Waals surface area contributed by atoms with Crippen LogP contribution in [0.15, 0.2) is 30.5 Å². The molecule has 2 aromatic rings. The van der Waals surface area contributed by atoms with Gasteiger partial charge in [-0.3, -0.25) is 4.79 Å². The first-order chi connectivity index (χ1) is 6.70. The lowest BCUT2D eigenvalue weighted by molar-refractivity contribution is -0.119. The molecule has 0 unspecified atom stereocenters. The van der Waals surface area contributed by atoms with Crippen molar-refractivity contribution in [3.8, 4) is 0 Å². The van der Waals surface area contributed by atoms with E-state index in [9.17, 15) is 4.79 Å². The van der Waals surface area contributed by atoms with Crippen LogP contribution in [0.4, 0.5) is 0 Å². The number of rotatable bonds is 2. The summed E-state index contributed by atoms with van der Waals surface area (Å²) < 4.78 is 0. The number of aromatic amines is 1. The fourth-order valence-electron chi connectivity index (χ4n) is 1.50. The van der Waals surface area contributed by atoms with Gasteiger partial charge in [-0.15, -0.1) is 0 Å². The van der Waals surface area contributed by atoms with E-state index in [2.05, 4.69) is 4.98 Å². The quantitative estimate of drug-likeness (QED) is 0.648. The molecule has 0 aliphatic rings. The SMILES string of the molecule is NC(=O)[C@H](N)c1c[nH]c2ccccc12. The van der Waals surface area contributed by atoms with E-state index in [4.69, 9.17) is 11.5 Å². The van der Waals surface area contributed by atoms with Crippen molar-refractivity contribution in [2.24, 2.45) is 11.5 Å². The van der Waals surface area contributed by atoms with Gasteiger partial charge in [-0.1, -0.05) is 18.2 Å². The molecule has 0 radical (unpaired) electrons. The number of amides is 1. The molecule has 1 aromatic heterocycles. The van der Waals surface area contributed by atoms with Crippen LogP contribution in [-0.2, 0) is 4.79 Å². The molecule has 0 saturated carbocycles. The van der Waals surface area contributed by atoms with Crippen molar-refractivity contribution < 1.29 is 4.79 Å². The topological polar surface area (TPSA) is 84.9 Å². The van der Waals surface area contributed by atoms with Crippen LogP contribution in [0.3, 0.4) is 0 Å². The number of nitrogens with two attached hydrogens (primary N) is 2. The highest BCUT2D eigenvalue weighted by molar-refractivity contribution is 5.90. The molecule has 1 atom stereocenters. The van der Waals surface area contributed by atoms with E-state index in [0.717, 1.165) is 16.5 Å². The van der Waals surface area contributed by atoms with Gasteiger partial charge in [0.1, 0.15) is 6.04 Å². The summed E-state index contributed by atoms with van der Waals surface area (Å²) in [6, 6.07) is 6.90. The summed E-state index contributed by atoms with van der Waals surface area (Å²) in [6.45, 7) is 0. The third-order valence-corrected chi connectivity index (χ3v) is 2.26. The monoisotopic (exact) mass is 189 g/mol. The molecule has 2 rings (SSSR count). The molecule has 1 amide bonds. The normalized spacial score (nSPS) is 12.9. The Morgan fingerprint density at radius 2 is 2.07 bits per heavy atom. The molecule has 4 nitrogen and oxygen atoms in total. The minimum atomic E-state index is -0.744. The Bertz CT molecular complexity index is 475. The number of hydrogen-bond acceptors (Lipinski definition) is 2. The zero-order valence-corrected chi connectivity index (χ0v) is 7.53. The van der Waals surface area contributed by atoms with Crippen LogP contribution in [0.25, 0.3) is 10.9 Å². The molecule has 0 spiro atoms. The maximum Gasteiger partial charge on any atom is 0.239 e. The minimum absolute atomic E-state index is 0.519. The van der Waals surface area contributed by atoms with Crippen LogP contribution in [0, 0.1) is 0 Å². The Balaban J connectivity index is 2.58. The molecule has 0 bridgehead atoms. The summed E-state index contributed by atoms with van der Waals surface area (Å²) in [5.41, 5.74) is 12.5. The summed E-state index contributed by atoms with van der Waals surface area (Å²) in [4.78, 5) is 14.0. The highest BCUT2D eigenvalue weighted by atomic mass is 16.1. The second-order valence-electron chi connectivity index (χ2n) is 3.17. The van der Waals surface area contributed by atoms with Gasteiger partial charge in [-0.2, -0.15) is 0 Å². The Kier molecular flexibility index (Phi) is 1.98. The Morgan fingerprint density at radius 3 is 2.79 bits per heavy atom. The highest BCUT2D eigenvalue weighted by Crippen LogP contribution is 2.22. The van der Waals surface area contributed by atoms with Gasteiger partial charge in [-0.25, -0.2) is 0 Å². The third-order valence-electron chi connectivity index (χ3n) is 2.26.